The van der Waals surface area contributed by atoms with Crippen LogP contribution in [0.25, 0.3) is 11.0 Å². The van der Waals surface area contributed by atoms with Crippen molar-refractivity contribution in [1.82, 2.24) is 10.2 Å². The third kappa shape index (κ3) is 3.01. The van der Waals surface area contributed by atoms with Crippen LogP contribution in [0.4, 0.5) is 4.79 Å². The molecule has 2 heterocycles. The summed E-state index contributed by atoms with van der Waals surface area (Å²) in [7, 11) is 0. The number of nitrogens with zero attached hydrogens (tertiary/aromatic N) is 1. The number of aryl methyl sites for hydroxylation is 1. The molecule has 0 radical (unpaired) electrons. The van der Waals surface area contributed by atoms with Crippen LogP contribution in [0.2, 0.25) is 0 Å². The summed E-state index contributed by atoms with van der Waals surface area (Å²) in [5, 5.41) is 3.48. The van der Waals surface area contributed by atoms with Gasteiger partial charge in [-0.15, -0.1) is 0 Å². The van der Waals surface area contributed by atoms with Crippen LogP contribution >= 0.6 is 15.9 Å². The molecule has 1 aromatic heterocycles. The molecule has 1 unspecified atom stereocenters. The summed E-state index contributed by atoms with van der Waals surface area (Å²) < 4.78 is 6.07. The molecule has 6 nitrogen and oxygen atoms in total. The first kappa shape index (κ1) is 18.4. The fraction of sp³-hybridized carbons (Fsp3) is 0.190. The van der Waals surface area contributed by atoms with Gasteiger partial charge in [0.1, 0.15) is 11.1 Å². The van der Waals surface area contributed by atoms with Crippen molar-refractivity contribution >= 4 is 38.8 Å². The Hall–Kier alpha value is -2.93. The molecular weight excluding hydrogens is 424 g/mol. The molecule has 0 aliphatic carbocycles. The number of carbonyl (C=O) groups is 2. The molecule has 1 fully saturated rings. The molecule has 4 rings (SSSR count). The van der Waals surface area contributed by atoms with Gasteiger partial charge in [-0.3, -0.25) is 9.69 Å². The lowest BCUT2D eigenvalue weighted by atomic mass is 9.92. The fourth-order valence-corrected chi connectivity index (χ4v) is 3.87. The van der Waals surface area contributed by atoms with Crippen molar-refractivity contribution in [2.45, 2.75) is 25.9 Å². The maximum Gasteiger partial charge on any atom is 0.336 e. The Morgan fingerprint density at radius 1 is 1.11 bits per heavy atom. The first-order valence-electron chi connectivity index (χ1n) is 8.71. The molecule has 0 spiro atoms. The fourth-order valence-electron chi connectivity index (χ4n) is 3.47. The predicted octanol–water partition coefficient (Wildman–Crippen LogP) is 3.83. The summed E-state index contributed by atoms with van der Waals surface area (Å²) in [4.78, 5) is 38.9. The SMILES string of the molecule is Cc1ccc2c(CN3C(=O)NC(C)(c4cccc(Br)c4)C3=O)cc(=O)oc2c1. The summed E-state index contributed by atoms with van der Waals surface area (Å²) in [5.41, 5.74) is 0.931. The highest BCUT2D eigenvalue weighted by Crippen LogP contribution is 2.32. The van der Waals surface area contributed by atoms with Gasteiger partial charge in [0.05, 0.1) is 6.54 Å². The van der Waals surface area contributed by atoms with Crippen LogP contribution < -0.4 is 10.9 Å². The first-order valence-corrected chi connectivity index (χ1v) is 9.51. The van der Waals surface area contributed by atoms with Crippen molar-refractivity contribution in [3.8, 4) is 0 Å². The largest absolute Gasteiger partial charge is 0.423 e. The first-order chi connectivity index (χ1) is 13.3. The van der Waals surface area contributed by atoms with Crippen molar-refractivity contribution < 1.29 is 14.0 Å². The summed E-state index contributed by atoms with van der Waals surface area (Å²) >= 11 is 3.40. The number of benzene rings is 2. The Morgan fingerprint density at radius 3 is 2.64 bits per heavy atom. The third-order valence-corrected chi connectivity index (χ3v) is 5.48. The van der Waals surface area contributed by atoms with Crippen molar-refractivity contribution in [2.75, 3.05) is 0 Å². The number of hydrogen-bond donors (Lipinski definition) is 1. The van der Waals surface area contributed by atoms with E-state index in [2.05, 4.69) is 21.2 Å². The molecule has 3 aromatic rings. The average Bonchev–Trinajstić information content (AvgIpc) is 2.85. The zero-order chi connectivity index (χ0) is 20.1. The minimum atomic E-state index is -1.17. The van der Waals surface area contributed by atoms with Gasteiger partial charge in [0.25, 0.3) is 5.91 Å². The minimum absolute atomic E-state index is 0.0145. The zero-order valence-corrected chi connectivity index (χ0v) is 16.9. The molecule has 142 valence electrons. The summed E-state index contributed by atoms with van der Waals surface area (Å²) in [6.45, 7) is 3.56. The number of nitrogens with one attached hydrogen (secondary N) is 1. The maximum absolute atomic E-state index is 13.2. The highest BCUT2D eigenvalue weighted by molar-refractivity contribution is 9.10. The Balaban J connectivity index is 1.73. The van der Waals surface area contributed by atoms with Crippen molar-refractivity contribution in [3.05, 3.63) is 80.1 Å². The van der Waals surface area contributed by atoms with E-state index in [0.717, 1.165) is 14.9 Å². The van der Waals surface area contributed by atoms with Gasteiger partial charge in [0.15, 0.2) is 0 Å². The van der Waals surface area contributed by atoms with E-state index < -0.39 is 17.2 Å². The molecule has 3 amide bonds. The molecule has 2 aromatic carbocycles. The average molecular weight is 441 g/mol. The Labute approximate surface area is 169 Å². The second kappa shape index (κ2) is 6.60. The number of hydrogen-bond acceptors (Lipinski definition) is 4. The van der Waals surface area contributed by atoms with Crippen LogP contribution in [-0.4, -0.2) is 16.8 Å². The number of amides is 3. The highest BCUT2D eigenvalue weighted by atomic mass is 79.9. The number of rotatable bonds is 3. The molecule has 0 bridgehead atoms. The van der Waals surface area contributed by atoms with E-state index in [1.165, 1.54) is 6.07 Å². The number of urea groups is 1. The number of carbonyl (C=O) groups excluding carboxylic acids is 2. The van der Waals surface area contributed by atoms with E-state index in [4.69, 9.17) is 4.42 Å². The van der Waals surface area contributed by atoms with Gasteiger partial charge in [-0.25, -0.2) is 9.59 Å². The smallest absolute Gasteiger partial charge is 0.336 e. The van der Waals surface area contributed by atoms with E-state index in [0.29, 0.717) is 22.1 Å². The van der Waals surface area contributed by atoms with Gasteiger partial charge in [-0.1, -0.05) is 40.2 Å². The molecule has 1 saturated heterocycles. The Bertz CT molecular complexity index is 1190. The molecule has 1 aliphatic heterocycles. The Kier molecular flexibility index (Phi) is 4.34. The van der Waals surface area contributed by atoms with E-state index in [9.17, 15) is 14.4 Å². The van der Waals surface area contributed by atoms with Gasteiger partial charge < -0.3 is 9.73 Å². The monoisotopic (exact) mass is 440 g/mol. The molecule has 1 N–H and O–H groups in total. The van der Waals surface area contributed by atoms with Gasteiger partial charge in [0, 0.05) is 15.9 Å². The van der Waals surface area contributed by atoms with Crippen LogP contribution in [0.3, 0.4) is 0 Å². The Morgan fingerprint density at radius 2 is 1.89 bits per heavy atom. The summed E-state index contributed by atoms with van der Waals surface area (Å²) in [6.07, 6.45) is 0. The lowest BCUT2D eigenvalue weighted by Crippen LogP contribution is -2.40. The van der Waals surface area contributed by atoms with Crippen molar-refractivity contribution in [2.24, 2.45) is 0 Å². The molecule has 1 aliphatic rings. The molecule has 0 saturated carbocycles. The predicted molar refractivity (Wildman–Crippen MR) is 108 cm³/mol. The minimum Gasteiger partial charge on any atom is -0.423 e. The number of fused-ring (bicyclic) bond motifs is 1. The number of imide groups is 1. The van der Waals surface area contributed by atoms with E-state index in [1.807, 2.05) is 31.2 Å². The van der Waals surface area contributed by atoms with Gasteiger partial charge >= 0.3 is 11.7 Å². The summed E-state index contributed by atoms with van der Waals surface area (Å²) in [6, 6.07) is 13.6. The van der Waals surface area contributed by atoms with Crippen LogP contribution in [0.5, 0.6) is 0 Å². The van der Waals surface area contributed by atoms with E-state index in [1.54, 1.807) is 25.1 Å². The van der Waals surface area contributed by atoms with E-state index in [-0.39, 0.29) is 12.5 Å². The molecule has 1 atom stereocenters. The lowest BCUT2D eigenvalue weighted by Gasteiger charge is -2.22. The molecule has 7 heteroatoms. The number of halogens is 1. The zero-order valence-electron chi connectivity index (χ0n) is 15.3. The quantitative estimate of drug-likeness (QED) is 0.495. The second-order valence-corrected chi connectivity index (χ2v) is 7.96. The van der Waals surface area contributed by atoms with Crippen LogP contribution in [-0.2, 0) is 16.9 Å². The van der Waals surface area contributed by atoms with Crippen LogP contribution in [0.15, 0.2) is 62.2 Å². The normalized spacial score (nSPS) is 19.3. The third-order valence-electron chi connectivity index (χ3n) is 4.99. The lowest BCUT2D eigenvalue weighted by molar-refractivity contribution is -0.131. The van der Waals surface area contributed by atoms with Gasteiger partial charge in [-0.2, -0.15) is 0 Å². The van der Waals surface area contributed by atoms with E-state index >= 15 is 0 Å². The molecule has 28 heavy (non-hydrogen) atoms. The second-order valence-electron chi connectivity index (χ2n) is 7.05. The topological polar surface area (TPSA) is 79.6 Å². The van der Waals surface area contributed by atoms with Gasteiger partial charge in [-0.05, 0) is 48.7 Å². The van der Waals surface area contributed by atoms with Crippen molar-refractivity contribution in [3.63, 3.8) is 0 Å². The maximum atomic E-state index is 13.2. The highest BCUT2D eigenvalue weighted by Gasteiger charge is 2.49. The molecular formula is C21H17BrN2O4. The standard InChI is InChI=1S/C21H17BrN2O4/c1-12-6-7-16-13(9-18(25)28-17(16)8-12)11-24-19(26)21(2,23-20(24)27)14-4-3-5-15(22)10-14/h3-10H,11H2,1-2H3,(H,23,27). The van der Waals surface area contributed by atoms with Crippen LogP contribution in [0.1, 0.15) is 23.6 Å². The van der Waals surface area contributed by atoms with Crippen molar-refractivity contribution in [1.29, 1.82) is 0 Å². The van der Waals surface area contributed by atoms with Crippen LogP contribution in [0, 0.1) is 6.92 Å². The van der Waals surface area contributed by atoms with Gasteiger partial charge in [0.2, 0.25) is 0 Å². The summed E-state index contributed by atoms with van der Waals surface area (Å²) in [5.74, 6) is -0.371.